The molecule has 1 N–H and O–H groups in total. The van der Waals surface area contributed by atoms with Crippen LogP contribution in [0.3, 0.4) is 0 Å². The van der Waals surface area contributed by atoms with Gasteiger partial charge in [-0.1, -0.05) is 60.7 Å². The molecule has 6 rings (SSSR count). The van der Waals surface area contributed by atoms with E-state index in [9.17, 15) is 5.11 Å². The van der Waals surface area contributed by atoms with Crippen molar-refractivity contribution in [2.75, 3.05) is 13.2 Å². The molecule has 0 aliphatic heterocycles. The Balaban J connectivity index is 1.63. The maximum atomic E-state index is 10.8. The van der Waals surface area contributed by atoms with E-state index in [1.807, 2.05) is 32.0 Å². The van der Waals surface area contributed by atoms with E-state index in [4.69, 9.17) is 14.5 Å². The van der Waals surface area contributed by atoms with Crippen molar-refractivity contribution in [3.63, 3.8) is 0 Å². The molecule has 1 heterocycles. The summed E-state index contributed by atoms with van der Waals surface area (Å²) in [5.41, 5.74) is 1.35. The molecular formula is C31H25N3O3. The summed E-state index contributed by atoms with van der Waals surface area (Å²) in [7, 11) is 0. The van der Waals surface area contributed by atoms with Gasteiger partial charge in [-0.3, -0.25) is 0 Å². The highest BCUT2D eigenvalue weighted by molar-refractivity contribution is 6.20. The maximum Gasteiger partial charge on any atom is 0.320 e. The van der Waals surface area contributed by atoms with Gasteiger partial charge in [0.05, 0.1) is 18.8 Å². The number of benzene rings is 5. The fourth-order valence-corrected chi connectivity index (χ4v) is 4.79. The zero-order valence-corrected chi connectivity index (χ0v) is 20.6. The molecule has 6 heteroatoms. The van der Waals surface area contributed by atoms with Crippen molar-refractivity contribution in [3.05, 3.63) is 84.9 Å². The normalized spacial score (nSPS) is 11.3. The van der Waals surface area contributed by atoms with Crippen LogP contribution < -0.4 is 9.47 Å². The van der Waals surface area contributed by atoms with Gasteiger partial charge in [0.25, 0.3) is 0 Å². The van der Waals surface area contributed by atoms with Gasteiger partial charge in [0.2, 0.25) is 0 Å². The monoisotopic (exact) mass is 487 g/mol. The number of phenols is 1. The number of hydrogen-bond donors (Lipinski definition) is 1. The topological polar surface area (TPSA) is 77.4 Å². The van der Waals surface area contributed by atoms with Gasteiger partial charge in [-0.05, 0) is 64.4 Å². The highest BCUT2D eigenvalue weighted by Crippen LogP contribution is 2.38. The first kappa shape index (κ1) is 22.7. The number of nitrogens with zero attached hydrogens (tertiary/aromatic N) is 3. The van der Waals surface area contributed by atoms with Crippen molar-refractivity contribution in [2.45, 2.75) is 13.8 Å². The Morgan fingerprint density at radius 3 is 2.03 bits per heavy atom. The summed E-state index contributed by atoms with van der Waals surface area (Å²) in [5, 5.41) is 17.5. The highest BCUT2D eigenvalue weighted by Gasteiger charge is 2.18. The minimum Gasteiger partial charge on any atom is -0.507 e. The van der Waals surface area contributed by atoms with Crippen LogP contribution >= 0.6 is 0 Å². The first-order chi connectivity index (χ1) is 18.2. The lowest BCUT2D eigenvalue weighted by atomic mass is 9.93. The lowest BCUT2D eigenvalue weighted by Crippen LogP contribution is -2.04. The largest absolute Gasteiger partial charge is 0.507 e. The molecule has 1 aromatic heterocycles. The van der Waals surface area contributed by atoms with E-state index in [0.717, 1.165) is 27.1 Å². The average Bonchev–Trinajstić information content (AvgIpc) is 2.92. The summed E-state index contributed by atoms with van der Waals surface area (Å²) < 4.78 is 11.3. The van der Waals surface area contributed by atoms with Crippen LogP contribution in [-0.2, 0) is 0 Å². The number of fused-ring (bicyclic) bond motifs is 5. The second-order valence-corrected chi connectivity index (χ2v) is 8.66. The maximum absolute atomic E-state index is 10.8. The Morgan fingerprint density at radius 2 is 1.27 bits per heavy atom. The number of aromatic hydroxyl groups is 1. The molecule has 0 spiro atoms. The summed E-state index contributed by atoms with van der Waals surface area (Å²) in [6, 6.07) is 28.4. The van der Waals surface area contributed by atoms with Gasteiger partial charge >= 0.3 is 6.01 Å². The predicted molar refractivity (Wildman–Crippen MR) is 147 cm³/mol. The van der Waals surface area contributed by atoms with Gasteiger partial charge in [0.1, 0.15) is 11.5 Å². The van der Waals surface area contributed by atoms with Gasteiger partial charge in [-0.15, -0.1) is 0 Å². The predicted octanol–water partition coefficient (Wildman–Crippen LogP) is 7.17. The molecule has 5 aromatic carbocycles. The Kier molecular flexibility index (Phi) is 5.77. The molecule has 0 aliphatic rings. The Labute approximate surface area is 214 Å². The van der Waals surface area contributed by atoms with E-state index in [1.165, 1.54) is 10.8 Å². The van der Waals surface area contributed by atoms with Crippen LogP contribution in [-0.4, -0.2) is 33.3 Å². The second-order valence-electron chi connectivity index (χ2n) is 8.66. The van der Waals surface area contributed by atoms with E-state index >= 15 is 0 Å². The Bertz CT molecular complexity index is 1780. The fourth-order valence-electron chi connectivity index (χ4n) is 4.79. The average molecular weight is 488 g/mol. The van der Waals surface area contributed by atoms with Crippen LogP contribution in [0.15, 0.2) is 84.9 Å². The number of ether oxygens (including phenoxy) is 2. The molecule has 0 atom stereocenters. The minimum atomic E-state index is 0.0277. The third-order valence-electron chi connectivity index (χ3n) is 6.42. The summed E-state index contributed by atoms with van der Waals surface area (Å²) in [4.78, 5) is 14.0. The molecule has 0 amide bonds. The molecule has 0 unspecified atom stereocenters. The number of aromatic nitrogens is 3. The number of hydrogen-bond acceptors (Lipinski definition) is 6. The van der Waals surface area contributed by atoms with E-state index in [2.05, 4.69) is 58.5 Å². The Morgan fingerprint density at radius 1 is 0.595 bits per heavy atom. The van der Waals surface area contributed by atoms with Crippen molar-refractivity contribution < 1.29 is 14.6 Å². The van der Waals surface area contributed by atoms with Crippen LogP contribution in [0.5, 0.6) is 17.5 Å². The SMILES string of the molecule is CCOc1ccc(-c2nc(OCC)nc(-c3cc4c5ccccc5ccc4c4ccccc34)n2)c(O)c1. The molecule has 0 bridgehead atoms. The smallest absolute Gasteiger partial charge is 0.320 e. The van der Waals surface area contributed by atoms with Crippen LogP contribution in [0, 0.1) is 0 Å². The lowest BCUT2D eigenvalue weighted by molar-refractivity contribution is 0.312. The van der Waals surface area contributed by atoms with Crippen LogP contribution in [0.4, 0.5) is 0 Å². The third-order valence-corrected chi connectivity index (χ3v) is 6.42. The highest BCUT2D eigenvalue weighted by atomic mass is 16.5. The summed E-state index contributed by atoms with van der Waals surface area (Å²) >= 11 is 0. The van der Waals surface area contributed by atoms with Crippen LogP contribution in [0.1, 0.15) is 13.8 Å². The van der Waals surface area contributed by atoms with Crippen molar-refractivity contribution >= 4 is 32.3 Å². The van der Waals surface area contributed by atoms with Crippen molar-refractivity contribution in [2.24, 2.45) is 0 Å². The Hall–Kier alpha value is -4.71. The molecule has 37 heavy (non-hydrogen) atoms. The summed E-state index contributed by atoms with van der Waals surface area (Å²) in [5.74, 6) is 1.42. The first-order valence-corrected chi connectivity index (χ1v) is 12.3. The molecule has 6 aromatic rings. The van der Waals surface area contributed by atoms with Crippen LogP contribution in [0.25, 0.3) is 55.1 Å². The molecule has 0 fully saturated rings. The summed E-state index contributed by atoms with van der Waals surface area (Å²) in [6.07, 6.45) is 0. The molecule has 0 saturated heterocycles. The quantitative estimate of drug-likeness (QED) is 0.251. The summed E-state index contributed by atoms with van der Waals surface area (Å²) in [6.45, 7) is 4.69. The molecule has 0 aliphatic carbocycles. The zero-order valence-electron chi connectivity index (χ0n) is 20.6. The third kappa shape index (κ3) is 4.06. The van der Waals surface area contributed by atoms with Gasteiger partial charge in [0, 0.05) is 11.6 Å². The lowest BCUT2D eigenvalue weighted by Gasteiger charge is -2.14. The van der Waals surface area contributed by atoms with Crippen molar-refractivity contribution in [1.29, 1.82) is 0 Å². The van der Waals surface area contributed by atoms with E-state index in [0.29, 0.717) is 36.2 Å². The molecule has 0 radical (unpaired) electrons. The van der Waals surface area contributed by atoms with E-state index < -0.39 is 0 Å². The number of rotatable bonds is 6. The molecule has 182 valence electrons. The van der Waals surface area contributed by atoms with Gasteiger partial charge in [-0.2, -0.15) is 9.97 Å². The fraction of sp³-hybridized carbons (Fsp3) is 0.129. The van der Waals surface area contributed by atoms with Crippen molar-refractivity contribution in [1.82, 2.24) is 15.0 Å². The number of phenolic OH excluding ortho intramolecular Hbond substituents is 1. The second kappa shape index (κ2) is 9.39. The minimum absolute atomic E-state index is 0.0277. The molecule has 6 nitrogen and oxygen atoms in total. The van der Waals surface area contributed by atoms with Crippen molar-refractivity contribution in [3.8, 4) is 40.3 Å². The first-order valence-electron chi connectivity index (χ1n) is 12.3. The van der Waals surface area contributed by atoms with Gasteiger partial charge in [0.15, 0.2) is 11.6 Å². The molecular weight excluding hydrogens is 462 g/mol. The van der Waals surface area contributed by atoms with Gasteiger partial charge in [-0.25, -0.2) is 4.98 Å². The molecule has 0 saturated carbocycles. The van der Waals surface area contributed by atoms with E-state index in [1.54, 1.807) is 18.2 Å². The van der Waals surface area contributed by atoms with Crippen LogP contribution in [0.2, 0.25) is 0 Å². The van der Waals surface area contributed by atoms with E-state index in [-0.39, 0.29) is 11.8 Å². The van der Waals surface area contributed by atoms with Gasteiger partial charge < -0.3 is 14.6 Å². The standard InChI is InChI=1S/C31H25N3O3/c1-3-36-20-14-16-25(28(35)17-20)29-32-30(34-31(33-29)37-4-2)27-18-26-21-10-6-5-9-19(21)13-15-24(26)22-11-7-8-12-23(22)27/h5-18,35H,3-4H2,1-2H3. The zero-order chi connectivity index (χ0) is 25.4.